The van der Waals surface area contributed by atoms with E-state index in [1.165, 1.54) is 0 Å². The molecule has 0 radical (unpaired) electrons. The van der Waals surface area contributed by atoms with Gasteiger partial charge in [-0.1, -0.05) is 30.3 Å². The van der Waals surface area contributed by atoms with Crippen LogP contribution < -0.4 is 5.32 Å². The predicted molar refractivity (Wildman–Crippen MR) is 109 cm³/mol. The normalized spacial score (nSPS) is 25.1. The molecule has 0 aliphatic carbocycles. The van der Waals surface area contributed by atoms with Crippen molar-refractivity contribution in [3.63, 3.8) is 0 Å². The molecular weight excluding hydrogens is 368 g/mol. The smallest absolute Gasteiger partial charge is 0.317 e. The van der Waals surface area contributed by atoms with Crippen molar-refractivity contribution in [2.45, 2.75) is 38.1 Å². The number of urea groups is 1. The molecule has 3 aliphatic rings. The van der Waals surface area contributed by atoms with Gasteiger partial charge >= 0.3 is 6.03 Å². The highest BCUT2D eigenvalue weighted by Crippen LogP contribution is 2.24. The number of likely N-dealkylation sites (tertiary alicyclic amines) is 2. The van der Waals surface area contributed by atoms with E-state index in [0.29, 0.717) is 26.1 Å². The zero-order chi connectivity index (χ0) is 20.2. The third kappa shape index (κ3) is 4.54. The van der Waals surface area contributed by atoms with E-state index in [4.69, 9.17) is 0 Å². The molecule has 4 amide bonds. The number of hydrogen-bond acceptors (Lipinski definition) is 3. The predicted octanol–water partition coefficient (Wildman–Crippen LogP) is 1.48. The lowest BCUT2D eigenvalue weighted by molar-refractivity contribution is -0.142. The quantitative estimate of drug-likeness (QED) is 0.835. The van der Waals surface area contributed by atoms with Crippen molar-refractivity contribution < 1.29 is 14.4 Å². The van der Waals surface area contributed by atoms with Gasteiger partial charge in [0.25, 0.3) is 0 Å². The molecule has 29 heavy (non-hydrogen) atoms. The summed E-state index contributed by atoms with van der Waals surface area (Å²) < 4.78 is 0. The summed E-state index contributed by atoms with van der Waals surface area (Å²) in [5, 5.41) is 2.85. The zero-order valence-corrected chi connectivity index (χ0v) is 16.9. The van der Waals surface area contributed by atoms with Crippen LogP contribution in [0, 0.1) is 5.92 Å². The van der Waals surface area contributed by atoms with E-state index in [2.05, 4.69) is 5.32 Å². The molecule has 2 atom stereocenters. The number of nitrogens with one attached hydrogen (secondary N) is 1. The van der Waals surface area contributed by atoms with Gasteiger partial charge in [0.15, 0.2) is 0 Å². The number of carbonyl (C=O) groups is 3. The molecule has 3 saturated heterocycles. The Kier molecular flexibility index (Phi) is 6.02. The van der Waals surface area contributed by atoms with Gasteiger partial charge in [-0.15, -0.1) is 0 Å². The van der Waals surface area contributed by atoms with Gasteiger partial charge in [0.2, 0.25) is 11.8 Å². The van der Waals surface area contributed by atoms with Gasteiger partial charge in [0, 0.05) is 39.3 Å². The summed E-state index contributed by atoms with van der Waals surface area (Å²) in [4.78, 5) is 43.6. The van der Waals surface area contributed by atoms with Crippen LogP contribution in [0.15, 0.2) is 30.3 Å². The fourth-order valence-corrected chi connectivity index (χ4v) is 4.79. The van der Waals surface area contributed by atoms with E-state index in [-0.39, 0.29) is 29.8 Å². The van der Waals surface area contributed by atoms with Gasteiger partial charge in [-0.25, -0.2) is 4.79 Å². The number of benzene rings is 1. The summed E-state index contributed by atoms with van der Waals surface area (Å²) in [6.45, 7) is 4.00. The molecule has 0 spiro atoms. The van der Waals surface area contributed by atoms with Crippen molar-refractivity contribution in [3.05, 3.63) is 35.9 Å². The average Bonchev–Trinajstić information content (AvgIpc) is 3.20. The molecule has 0 aromatic heterocycles. The Morgan fingerprint density at radius 2 is 1.72 bits per heavy atom. The Balaban J connectivity index is 1.34. The largest absolute Gasteiger partial charge is 0.342 e. The molecule has 0 bridgehead atoms. The highest BCUT2D eigenvalue weighted by atomic mass is 16.2. The number of rotatable bonds is 4. The Labute approximate surface area is 172 Å². The SMILES string of the molecule is O=C(Cc1ccccc1)N1CCCC(C(=O)N2CCCC(N3CCNC3=O)C2)C1. The van der Waals surface area contributed by atoms with E-state index in [9.17, 15) is 14.4 Å². The molecule has 156 valence electrons. The first-order valence-electron chi connectivity index (χ1n) is 10.8. The van der Waals surface area contributed by atoms with E-state index >= 15 is 0 Å². The lowest BCUT2D eigenvalue weighted by Gasteiger charge is -2.40. The van der Waals surface area contributed by atoms with Gasteiger partial charge in [0.05, 0.1) is 18.4 Å². The molecule has 1 aromatic rings. The molecule has 7 heteroatoms. The highest BCUT2D eigenvalue weighted by molar-refractivity contribution is 5.82. The third-order valence-corrected chi connectivity index (χ3v) is 6.36. The van der Waals surface area contributed by atoms with Crippen molar-refractivity contribution >= 4 is 17.8 Å². The van der Waals surface area contributed by atoms with Crippen LogP contribution in [0.4, 0.5) is 4.79 Å². The van der Waals surface area contributed by atoms with Gasteiger partial charge in [-0.2, -0.15) is 0 Å². The lowest BCUT2D eigenvalue weighted by Crippen LogP contribution is -2.54. The highest BCUT2D eigenvalue weighted by Gasteiger charge is 2.36. The van der Waals surface area contributed by atoms with Gasteiger partial charge in [-0.3, -0.25) is 9.59 Å². The second kappa shape index (κ2) is 8.84. The minimum atomic E-state index is -0.130. The average molecular weight is 399 g/mol. The van der Waals surface area contributed by atoms with Crippen molar-refractivity contribution in [2.75, 3.05) is 39.3 Å². The second-order valence-corrected chi connectivity index (χ2v) is 8.35. The summed E-state index contributed by atoms with van der Waals surface area (Å²) in [6, 6.07) is 9.85. The van der Waals surface area contributed by atoms with Crippen LogP contribution in [0.5, 0.6) is 0 Å². The van der Waals surface area contributed by atoms with Crippen LogP contribution in [0.3, 0.4) is 0 Å². The molecule has 7 nitrogen and oxygen atoms in total. The van der Waals surface area contributed by atoms with Crippen molar-refractivity contribution in [3.8, 4) is 0 Å². The maximum Gasteiger partial charge on any atom is 0.317 e. The Bertz CT molecular complexity index is 754. The minimum Gasteiger partial charge on any atom is -0.342 e. The van der Waals surface area contributed by atoms with Crippen molar-refractivity contribution in [1.82, 2.24) is 20.0 Å². The monoisotopic (exact) mass is 398 g/mol. The maximum atomic E-state index is 13.2. The molecule has 3 heterocycles. The first-order chi connectivity index (χ1) is 14.1. The lowest BCUT2D eigenvalue weighted by atomic mass is 9.94. The molecule has 2 unspecified atom stereocenters. The standard InChI is InChI=1S/C22H30N4O3/c27-20(14-17-6-2-1-3-7-17)24-11-4-8-18(15-24)21(28)25-12-5-9-19(16-25)26-13-10-23-22(26)29/h1-3,6-7,18-19H,4-5,8-16H2,(H,23,29). The Hall–Kier alpha value is -2.57. The van der Waals surface area contributed by atoms with Crippen LogP contribution in [-0.2, 0) is 16.0 Å². The Morgan fingerprint density at radius 1 is 0.966 bits per heavy atom. The number of piperidine rings is 2. The van der Waals surface area contributed by atoms with E-state index in [1.54, 1.807) is 0 Å². The maximum absolute atomic E-state index is 13.2. The first-order valence-corrected chi connectivity index (χ1v) is 10.8. The second-order valence-electron chi connectivity index (χ2n) is 8.35. The fraction of sp³-hybridized carbons (Fsp3) is 0.591. The summed E-state index contributed by atoms with van der Waals surface area (Å²) in [7, 11) is 0. The van der Waals surface area contributed by atoms with Crippen LogP contribution in [-0.4, -0.2) is 77.9 Å². The molecular formula is C22H30N4O3. The molecule has 3 fully saturated rings. The number of nitrogens with zero attached hydrogens (tertiary/aromatic N) is 3. The fourth-order valence-electron chi connectivity index (χ4n) is 4.79. The van der Waals surface area contributed by atoms with E-state index < -0.39 is 0 Å². The Morgan fingerprint density at radius 3 is 2.48 bits per heavy atom. The number of carbonyl (C=O) groups excluding carboxylic acids is 3. The minimum absolute atomic E-state index is 0.0142. The van der Waals surface area contributed by atoms with Gasteiger partial charge in [-0.05, 0) is 31.2 Å². The first kappa shape index (κ1) is 19.7. The molecule has 0 saturated carbocycles. The van der Waals surface area contributed by atoms with Gasteiger partial charge in [0.1, 0.15) is 0 Å². The molecule has 4 rings (SSSR count). The topological polar surface area (TPSA) is 73.0 Å². The van der Waals surface area contributed by atoms with Gasteiger partial charge < -0.3 is 20.0 Å². The summed E-state index contributed by atoms with van der Waals surface area (Å²) in [5.74, 6) is 0.111. The van der Waals surface area contributed by atoms with E-state index in [0.717, 1.165) is 50.9 Å². The summed E-state index contributed by atoms with van der Waals surface area (Å²) >= 11 is 0. The molecule has 3 aliphatic heterocycles. The number of hydrogen-bond donors (Lipinski definition) is 1. The summed E-state index contributed by atoms with van der Waals surface area (Å²) in [6.07, 6.45) is 3.95. The van der Waals surface area contributed by atoms with Crippen LogP contribution >= 0.6 is 0 Å². The zero-order valence-electron chi connectivity index (χ0n) is 16.9. The number of amides is 4. The van der Waals surface area contributed by atoms with Crippen molar-refractivity contribution in [2.24, 2.45) is 5.92 Å². The molecule has 1 N–H and O–H groups in total. The summed E-state index contributed by atoms with van der Waals surface area (Å²) in [5.41, 5.74) is 1.01. The van der Waals surface area contributed by atoms with Crippen LogP contribution in [0.1, 0.15) is 31.2 Å². The van der Waals surface area contributed by atoms with Crippen LogP contribution in [0.2, 0.25) is 0 Å². The third-order valence-electron chi connectivity index (χ3n) is 6.36. The van der Waals surface area contributed by atoms with Crippen LogP contribution in [0.25, 0.3) is 0 Å². The van der Waals surface area contributed by atoms with Crippen molar-refractivity contribution in [1.29, 1.82) is 0 Å². The molecule has 1 aromatic carbocycles. The van der Waals surface area contributed by atoms with E-state index in [1.807, 2.05) is 45.0 Å².